The molecule has 0 radical (unpaired) electrons. The van der Waals surface area contributed by atoms with E-state index in [-0.39, 0.29) is 18.4 Å². The van der Waals surface area contributed by atoms with Gasteiger partial charge in [-0.05, 0) is 72.6 Å². The molecule has 0 bridgehead atoms. The molecule has 0 fully saturated rings. The minimum atomic E-state index is -0.880. The molecule has 7 nitrogen and oxygen atoms in total. The lowest BCUT2D eigenvalue weighted by atomic mass is 9.98. The highest BCUT2D eigenvalue weighted by Gasteiger charge is 2.34. The first-order valence-corrected chi connectivity index (χ1v) is 11.6. The molecule has 34 heavy (non-hydrogen) atoms. The number of rotatable bonds is 7. The number of nitrogens with zero attached hydrogens (tertiary/aromatic N) is 1. The van der Waals surface area contributed by atoms with Gasteiger partial charge in [-0.15, -0.1) is 0 Å². The van der Waals surface area contributed by atoms with Gasteiger partial charge in [-0.2, -0.15) is 0 Å². The van der Waals surface area contributed by atoms with Crippen LogP contribution < -0.4 is 10.6 Å². The van der Waals surface area contributed by atoms with E-state index in [0.717, 1.165) is 16.7 Å². The van der Waals surface area contributed by atoms with Crippen LogP contribution in [-0.4, -0.2) is 41.0 Å². The molecule has 3 amide bonds. The number of nitrogens with one attached hydrogen (secondary N) is 2. The van der Waals surface area contributed by atoms with Crippen molar-refractivity contribution in [3.8, 4) is 0 Å². The van der Waals surface area contributed by atoms with E-state index >= 15 is 0 Å². The highest BCUT2D eigenvalue weighted by molar-refractivity contribution is 5.99. The van der Waals surface area contributed by atoms with Gasteiger partial charge in [0.1, 0.15) is 17.7 Å². The van der Waals surface area contributed by atoms with Crippen molar-refractivity contribution in [3.05, 3.63) is 64.7 Å². The van der Waals surface area contributed by atoms with Gasteiger partial charge in [0.15, 0.2) is 0 Å². The number of hydrogen-bond donors (Lipinski definition) is 2. The van der Waals surface area contributed by atoms with Crippen molar-refractivity contribution in [3.63, 3.8) is 0 Å². The number of amides is 3. The number of ether oxygens (including phenoxy) is 1. The fourth-order valence-electron chi connectivity index (χ4n) is 3.82. The second-order valence-corrected chi connectivity index (χ2v) is 9.62. The number of aryl methyl sites for hydroxylation is 3. The standard InChI is InChI=1S/C27H37N3O4/c1-9-30(25(32)20(5)28-26(33)34-27(6,7)8)23(21-15-17(2)14-18(3)16-21)24(31)29-22-13-11-10-12-19(22)4/h10-16,20,23H,9H2,1-8H3,(H,28,33)(H,29,31). The fraction of sp³-hybridized carbons (Fsp3) is 0.444. The van der Waals surface area contributed by atoms with Crippen molar-refractivity contribution >= 4 is 23.6 Å². The van der Waals surface area contributed by atoms with Crippen molar-refractivity contribution in [2.75, 3.05) is 11.9 Å². The van der Waals surface area contributed by atoms with Crippen molar-refractivity contribution < 1.29 is 19.1 Å². The van der Waals surface area contributed by atoms with E-state index in [1.165, 1.54) is 4.90 Å². The summed E-state index contributed by atoms with van der Waals surface area (Å²) in [7, 11) is 0. The van der Waals surface area contributed by atoms with E-state index in [2.05, 4.69) is 10.6 Å². The molecular formula is C27H37N3O4. The Morgan fingerprint density at radius 3 is 2.12 bits per heavy atom. The Hall–Kier alpha value is -3.35. The number of carbonyl (C=O) groups excluding carboxylic acids is 3. The van der Waals surface area contributed by atoms with Crippen LogP contribution in [0.25, 0.3) is 0 Å². The number of hydrogen-bond acceptors (Lipinski definition) is 4. The predicted molar refractivity (Wildman–Crippen MR) is 135 cm³/mol. The summed E-state index contributed by atoms with van der Waals surface area (Å²) in [5.74, 6) is -0.698. The van der Waals surface area contributed by atoms with Crippen LogP contribution in [0.3, 0.4) is 0 Å². The van der Waals surface area contributed by atoms with Gasteiger partial charge in [-0.25, -0.2) is 4.79 Å². The van der Waals surface area contributed by atoms with E-state index in [4.69, 9.17) is 4.74 Å². The summed E-state index contributed by atoms with van der Waals surface area (Å²) in [5.41, 5.74) is 3.61. The number of benzene rings is 2. The zero-order valence-corrected chi connectivity index (χ0v) is 21.5. The largest absolute Gasteiger partial charge is 0.444 e. The average molecular weight is 468 g/mol. The summed E-state index contributed by atoms with van der Waals surface area (Å²) in [6.45, 7) is 14.8. The van der Waals surface area contributed by atoms with Gasteiger partial charge in [-0.3, -0.25) is 9.59 Å². The third-order valence-corrected chi connectivity index (χ3v) is 5.25. The quantitative estimate of drug-likeness (QED) is 0.596. The Labute approximate surface area is 202 Å². The molecule has 2 N–H and O–H groups in total. The minimum Gasteiger partial charge on any atom is -0.444 e. The van der Waals surface area contributed by atoms with Gasteiger partial charge < -0.3 is 20.3 Å². The topological polar surface area (TPSA) is 87.7 Å². The molecule has 0 aromatic heterocycles. The SMILES string of the molecule is CCN(C(=O)C(C)NC(=O)OC(C)(C)C)C(C(=O)Nc1ccccc1C)c1cc(C)cc(C)c1. The number of para-hydroxylation sites is 1. The zero-order valence-electron chi connectivity index (χ0n) is 21.5. The maximum atomic E-state index is 13.6. The van der Waals surface area contributed by atoms with Crippen LogP contribution in [0, 0.1) is 20.8 Å². The molecule has 0 spiro atoms. The van der Waals surface area contributed by atoms with Gasteiger partial charge >= 0.3 is 6.09 Å². The maximum absolute atomic E-state index is 13.6. The normalized spacial score (nSPS) is 12.9. The van der Waals surface area contributed by atoms with Gasteiger partial charge in [-0.1, -0.05) is 47.5 Å². The highest BCUT2D eigenvalue weighted by Crippen LogP contribution is 2.27. The van der Waals surface area contributed by atoms with E-state index < -0.39 is 23.8 Å². The fourth-order valence-corrected chi connectivity index (χ4v) is 3.82. The molecule has 0 heterocycles. The second kappa shape index (κ2) is 11.2. The van der Waals surface area contributed by atoms with Crippen LogP contribution in [0.5, 0.6) is 0 Å². The lowest BCUT2D eigenvalue weighted by Gasteiger charge is -2.33. The molecule has 7 heteroatoms. The maximum Gasteiger partial charge on any atom is 0.408 e. The molecule has 2 rings (SSSR count). The van der Waals surface area contributed by atoms with Crippen molar-refractivity contribution in [1.82, 2.24) is 10.2 Å². The third kappa shape index (κ3) is 7.33. The van der Waals surface area contributed by atoms with E-state index in [1.54, 1.807) is 27.7 Å². The Morgan fingerprint density at radius 1 is 1.00 bits per heavy atom. The second-order valence-electron chi connectivity index (χ2n) is 9.62. The van der Waals surface area contributed by atoms with Crippen LogP contribution in [0.1, 0.15) is 62.9 Å². The lowest BCUT2D eigenvalue weighted by Crippen LogP contribution is -2.51. The average Bonchev–Trinajstić information content (AvgIpc) is 2.70. The molecule has 2 unspecified atom stereocenters. The van der Waals surface area contributed by atoms with Crippen molar-refractivity contribution in [2.24, 2.45) is 0 Å². The summed E-state index contributed by atoms with van der Waals surface area (Å²) < 4.78 is 5.29. The predicted octanol–water partition coefficient (Wildman–Crippen LogP) is 5.05. The van der Waals surface area contributed by atoms with Crippen LogP contribution >= 0.6 is 0 Å². The Morgan fingerprint density at radius 2 is 1.59 bits per heavy atom. The van der Waals surface area contributed by atoms with Gasteiger partial charge in [0.05, 0.1) is 0 Å². The number of anilines is 1. The van der Waals surface area contributed by atoms with E-state index in [0.29, 0.717) is 11.3 Å². The molecule has 0 saturated carbocycles. The molecule has 2 aromatic carbocycles. The van der Waals surface area contributed by atoms with Crippen LogP contribution in [0.2, 0.25) is 0 Å². The third-order valence-electron chi connectivity index (χ3n) is 5.25. The molecular weight excluding hydrogens is 430 g/mol. The summed E-state index contributed by atoms with van der Waals surface area (Å²) in [6, 6.07) is 11.6. The smallest absolute Gasteiger partial charge is 0.408 e. The minimum absolute atomic E-state index is 0.276. The molecule has 0 aliphatic heterocycles. The van der Waals surface area contributed by atoms with Gasteiger partial charge in [0.2, 0.25) is 5.91 Å². The van der Waals surface area contributed by atoms with Crippen LogP contribution in [0.4, 0.5) is 10.5 Å². The Bertz CT molecular complexity index is 1020. The molecule has 0 aliphatic rings. The van der Waals surface area contributed by atoms with Gasteiger partial charge in [0.25, 0.3) is 5.91 Å². The number of alkyl carbamates (subject to hydrolysis) is 1. The van der Waals surface area contributed by atoms with Crippen LogP contribution in [-0.2, 0) is 14.3 Å². The summed E-state index contributed by atoms with van der Waals surface area (Å²) >= 11 is 0. The number of carbonyl (C=O) groups is 3. The highest BCUT2D eigenvalue weighted by atomic mass is 16.6. The zero-order chi connectivity index (χ0) is 25.6. The van der Waals surface area contributed by atoms with Gasteiger partial charge in [0, 0.05) is 12.2 Å². The molecule has 2 atom stereocenters. The lowest BCUT2D eigenvalue weighted by molar-refractivity contribution is -0.140. The summed E-state index contributed by atoms with van der Waals surface area (Å²) in [5, 5.41) is 5.58. The van der Waals surface area contributed by atoms with Crippen molar-refractivity contribution in [2.45, 2.75) is 73.1 Å². The first kappa shape index (κ1) is 26.9. The summed E-state index contributed by atoms with van der Waals surface area (Å²) in [4.78, 5) is 40.8. The van der Waals surface area contributed by atoms with Crippen molar-refractivity contribution in [1.29, 1.82) is 0 Å². The molecule has 2 aromatic rings. The van der Waals surface area contributed by atoms with E-state index in [9.17, 15) is 14.4 Å². The first-order chi connectivity index (χ1) is 15.8. The Balaban J connectivity index is 2.40. The molecule has 0 saturated heterocycles. The summed E-state index contributed by atoms with van der Waals surface area (Å²) in [6.07, 6.45) is -0.684. The Kier molecular flexibility index (Phi) is 8.85. The number of likely N-dealkylation sites (N-methyl/N-ethyl adjacent to an activating group) is 1. The monoisotopic (exact) mass is 467 g/mol. The van der Waals surface area contributed by atoms with Crippen LogP contribution in [0.15, 0.2) is 42.5 Å². The first-order valence-electron chi connectivity index (χ1n) is 11.6. The molecule has 0 aliphatic carbocycles. The van der Waals surface area contributed by atoms with E-state index in [1.807, 2.05) is 70.2 Å². The molecule has 184 valence electrons.